The summed E-state index contributed by atoms with van der Waals surface area (Å²) in [4.78, 5) is 28.5. The number of carbonyl (C=O) groups excluding carboxylic acids is 1. The fourth-order valence-electron chi connectivity index (χ4n) is 4.93. The molecule has 3 aromatic rings. The molecule has 0 aromatic carbocycles. The normalized spacial score (nSPS) is 21.4. The molecule has 4 heterocycles. The molecule has 9 heteroatoms. The largest absolute Gasteiger partial charge is 0.417 e. The molecule has 1 aliphatic heterocycles. The fourth-order valence-corrected chi connectivity index (χ4v) is 4.93. The second-order valence-corrected chi connectivity index (χ2v) is 9.44. The topological polar surface area (TPSA) is 71.0 Å². The lowest BCUT2D eigenvalue weighted by atomic mass is 9.97. The van der Waals surface area contributed by atoms with Crippen molar-refractivity contribution in [1.82, 2.24) is 19.9 Å². The lowest BCUT2D eigenvalue weighted by Gasteiger charge is -2.36. The number of piperidine rings is 1. The van der Waals surface area contributed by atoms with Crippen molar-refractivity contribution in [3.8, 4) is 11.3 Å². The predicted molar refractivity (Wildman–Crippen MR) is 126 cm³/mol. The standard InChI is InChI=1S/C26H26F3N5O/c1-15-8-22(16(2)24(33-15)17-4-3-7-30-11-17)25(35)34-14-19-9-18(19)10-21(34)13-32-23-6-5-20(12-31-23)26(27,28)29/h3-8,11-12,18-19,21H,9-10,13-14H2,1-2H3,(H,31,32)/t18-,19+,21+/m1/s1. The van der Waals surface area contributed by atoms with Gasteiger partial charge in [-0.15, -0.1) is 0 Å². The minimum absolute atomic E-state index is 0.0457. The van der Waals surface area contributed by atoms with Crippen LogP contribution in [0.2, 0.25) is 0 Å². The molecule has 1 N–H and O–H groups in total. The minimum atomic E-state index is -4.42. The van der Waals surface area contributed by atoms with Crippen molar-refractivity contribution in [2.24, 2.45) is 11.8 Å². The molecule has 2 fully saturated rings. The minimum Gasteiger partial charge on any atom is -0.368 e. The van der Waals surface area contributed by atoms with Gasteiger partial charge in [-0.3, -0.25) is 14.8 Å². The second-order valence-electron chi connectivity index (χ2n) is 9.44. The van der Waals surface area contributed by atoms with E-state index in [2.05, 4.69) is 20.3 Å². The van der Waals surface area contributed by atoms with E-state index in [9.17, 15) is 18.0 Å². The van der Waals surface area contributed by atoms with Crippen LogP contribution >= 0.6 is 0 Å². The maximum absolute atomic E-state index is 13.8. The van der Waals surface area contributed by atoms with Gasteiger partial charge in [0.15, 0.2) is 0 Å². The highest BCUT2D eigenvalue weighted by Crippen LogP contribution is 2.47. The van der Waals surface area contributed by atoms with Gasteiger partial charge in [0.25, 0.3) is 5.91 Å². The number of amides is 1. The van der Waals surface area contributed by atoms with Crippen LogP contribution < -0.4 is 5.32 Å². The third kappa shape index (κ3) is 4.85. The van der Waals surface area contributed by atoms with Crippen molar-refractivity contribution < 1.29 is 18.0 Å². The molecule has 0 spiro atoms. The van der Waals surface area contributed by atoms with Gasteiger partial charge in [0.1, 0.15) is 5.82 Å². The van der Waals surface area contributed by atoms with Crippen LogP contribution in [-0.4, -0.2) is 44.9 Å². The molecule has 0 unspecified atom stereocenters. The SMILES string of the molecule is Cc1cc(C(=O)N2C[C@@H]3C[C@@H]3C[C@H]2CNc2ccc(C(F)(F)F)cn2)c(C)c(-c2cccnc2)n1. The van der Waals surface area contributed by atoms with Crippen LogP contribution in [0.4, 0.5) is 19.0 Å². The molecule has 0 bridgehead atoms. The van der Waals surface area contributed by atoms with Crippen LogP contribution in [0.25, 0.3) is 11.3 Å². The Labute approximate surface area is 201 Å². The zero-order valence-corrected chi connectivity index (χ0v) is 19.5. The van der Waals surface area contributed by atoms with Gasteiger partial charge in [-0.2, -0.15) is 13.2 Å². The number of alkyl halides is 3. The summed E-state index contributed by atoms with van der Waals surface area (Å²) in [6.07, 6.45) is 1.81. The molecule has 5 rings (SSSR count). The third-order valence-corrected chi connectivity index (χ3v) is 6.95. The maximum Gasteiger partial charge on any atom is 0.417 e. The molecule has 1 aliphatic carbocycles. The van der Waals surface area contributed by atoms with E-state index in [0.29, 0.717) is 36.3 Å². The molecule has 182 valence electrons. The average molecular weight is 482 g/mol. The number of rotatable bonds is 5. The average Bonchev–Trinajstić information content (AvgIpc) is 3.61. The first-order valence-electron chi connectivity index (χ1n) is 11.7. The number of hydrogen-bond donors (Lipinski definition) is 1. The fraction of sp³-hybridized carbons (Fsp3) is 0.385. The number of fused-ring (bicyclic) bond motifs is 1. The van der Waals surface area contributed by atoms with E-state index in [1.807, 2.05) is 36.9 Å². The Hall–Kier alpha value is -3.49. The lowest BCUT2D eigenvalue weighted by molar-refractivity contribution is -0.137. The molecular formula is C26H26F3N5O. The van der Waals surface area contributed by atoms with Crippen LogP contribution in [-0.2, 0) is 6.18 Å². The first-order valence-corrected chi connectivity index (χ1v) is 11.7. The molecule has 3 aromatic heterocycles. The van der Waals surface area contributed by atoms with Gasteiger partial charge in [-0.1, -0.05) is 0 Å². The summed E-state index contributed by atoms with van der Waals surface area (Å²) in [5, 5.41) is 3.14. The number of nitrogens with one attached hydrogen (secondary N) is 1. The highest BCUT2D eigenvalue weighted by Gasteiger charge is 2.47. The molecule has 2 aliphatic rings. The van der Waals surface area contributed by atoms with E-state index in [0.717, 1.165) is 47.6 Å². The van der Waals surface area contributed by atoms with E-state index in [4.69, 9.17) is 0 Å². The summed E-state index contributed by atoms with van der Waals surface area (Å²) in [7, 11) is 0. The van der Waals surface area contributed by atoms with Gasteiger partial charge in [0.2, 0.25) is 0 Å². The van der Waals surface area contributed by atoms with Crippen LogP contribution in [0.15, 0.2) is 48.9 Å². The molecular weight excluding hydrogens is 455 g/mol. The quantitative estimate of drug-likeness (QED) is 0.547. The van der Waals surface area contributed by atoms with Gasteiger partial charge < -0.3 is 10.2 Å². The van der Waals surface area contributed by atoms with Crippen LogP contribution in [0.3, 0.4) is 0 Å². The number of likely N-dealkylation sites (tertiary alicyclic amines) is 1. The Balaban J connectivity index is 1.37. The Morgan fingerprint density at radius 2 is 1.97 bits per heavy atom. The summed E-state index contributed by atoms with van der Waals surface area (Å²) in [6.45, 7) is 4.88. The van der Waals surface area contributed by atoms with Gasteiger partial charge >= 0.3 is 6.18 Å². The van der Waals surface area contributed by atoms with Gasteiger partial charge in [-0.05, 0) is 74.4 Å². The molecule has 6 nitrogen and oxygen atoms in total. The number of carbonyl (C=O) groups is 1. The first kappa shape index (κ1) is 23.3. The van der Waals surface area contributed by atoms with E-state index >= 15 is 0 Å². The van der Waals surface area contributed by atoms with Gasteiger partial charge in [0, 0.05) is 54.5 Å². The lowest BCUT2D eigenvalue weighted by Crippen LogP contribution is -2.48. The summed E-state index contributed by atoms with van der Waals surface area (Å²) < 4.78 is 38.5. The first-order chi connectivity index (χ1) is 16.7. The Morgan fingerprint density at radius 1 is 1.14 bits per heavy atom. The van der Waals surface area contributed by atoms with Crippen molar-refractivity contribution in [1.29, 1.82) is 0 Å². The number of nitrogens with zero attached hydrogens (tertiary/aromatic N) is 4. The Bertz CT molecular complexity index is 1230. The number of anilines is 1. The third-order valence-electron chi connectivity index (χ3n) is 6.95. The maximum atomic E-state index is 13.8. The summed E-state index contributed by atoms with van der Waals surface area (Å²) in [5.74, 6) is 1.42. The summed E-state index contributed by atoms with van der Waals surface area (Å²) in [5.41, 5.74) is 2.99. The number of pyridine rings is 3. The van der Waals surface area contributed by atoms with Crippen molar-refractivity contribution >= 4 is 11.7 Å². The molecule has 1 saturated carbocycles. The predicted octanol–water partition coefficient (Wildman–Crippen LogP) is 5.14. The Kier molecular flexibility index (Phi) is 5.94. The smallest absolute Gasteiger partial charge is 0.368 e. The number of halogens is 3. The highest BCUT2D eigenvalue weighted by atomic mass is 19.4. The zero-order chi connectivity index (χ0) is 24.7. The second kappa shape index (κ2) is 8.94. The summed E-state index contributed by atoms with van der Waals surface area (Å²) >= 11 is 0. The highest BCUT2D eigenvalue weighted by molar-refractivity contribution is 5.97. The Morgan fingerprint density at radius 3 is 2.66 bits per heavy atom. The molecule has 1 saturated heterocycles. The zero-order valence-electron chi connectivity index (χ0n) is 19.5. The van der Waals surface area contributed by atoms with Crippen LogP contribution in [0, 0.1) is 25.7 Å². The molecule has 0 radical (unpaired) electrons. The number of hydrogen-bond acceptors (Lipinski definition) is 5. The van der Waals surface area contributed by atoms with Crippen LogP contribution in [0.5, 0.6) is 0 Å². The van der Waals surface area contributed by atoms with E-state index in [1.54, 1.807) is 12.4 Å². The number of aromatic nitrogens is 3. The monoisotopic (exact) mass is 481 g/mol. The van der Waals surface area contributed by atoms with Gasteiger partial charge in [-0.25, -0.2) is 4.98 Å². The molecule has 3 atom stereocenters. The van der Waals surface area contributed by atoms with Gasteiger partial charge in [0.05, 0.1) is 11.3 Å². The van der Waals surface area contributed by atoms with Crippen LogP contribution in [0.1, 0.15) is 40.0 Å². The molecule has 35 heavy (non-hydrogen) atoms. The van der Waals surface area contributed by atoms with E-state index in [-0.39, 0.29) is 11.9 Å². The van der Waals surface area contributed by atoms with E-state index < -0.39 is 11.7 Å². The number of aryl methyl sites for hydroxylation is 1. The van der Waals surface area contributed by atoms with Crippen molar-refractivity contribution in [2.75, 3.05) is 18.4 Å². The molecule has 1 amide bonds. The van der Waals surface area contributed by atoms with Crippen molar-refractivity contribution in [2.45, 2.75) is 38.9 Å². The summed E-state index contributed by atoms with van der Waals surface area (Å²) in [6, 6.07) is 7.86. The van der Waals surface area contributed by atoms with E-state index in [1.165, 1.54) is 6.07 Å². The van der Waals surface area contributed by atoms with Crippen molar-refractivity contribution in [3.05, 3.63) is 71.3 Å². The van der Waals surface area contributed by atoms with Crippen molar-refractivity contribution in [3.63, 3.8) is 0 Å².